The van der Waals surface area contributed by atoms with E-state index in [-0.39, 0.29) is 5.69 Å². The molecule has 2 rings (SSSR count). The van der Waals surface area contributed by atoms with Gasteiger partial charge in [-0.05, 0) is 24.6 Å². The highest BCUT2D eigenvalue weighted by molar-refractivity contribution is 5.94. The zero-order valence-electron chi connectivity index (χ0n) is 12.4. The molecule has 0 saturated carbocycles. The number of para-hydroxylation sites is 1. The van der Waals surface area contributed by atoms with Gasteiger partial charge < -0.3 is 10.4 Å². The van der Waals surface area contributed by atoms with E-state index in [0.717, 1.165) is 18.5 Å². The van der Waals surface area contributed by atoms with Crippen molar-refractivity contribution in [3.8, 4) is 5.69 Å². The Morgan fingerprint density at radius 3 is 2.64 bits per heavy atom. The molecule has 2 N–H and O–H groups in total. The van der Waals surface area contributed by atoms with Crippen molar-refractivity contribution in [2.45, 2.75) is 32.2 Å². The molecule has 0 aliphatic heterocycles. The Bertz CT molecular complexity index is 637. The summed E-state index contributed by atoms with van der Waals surface area (Å²) < 4.78 is 1.58. The molecule has 2 aromatic rings. The molecular weight excluding hydrogens is 282 g/mol. The van der Waals surface area contributed by atoms with Gasteiger partial charge in [-0.3, -0.25) is 4.79 Å². The highest BCUT2D eigenvalue weighted by Gasteiger charge is 2.21. The van der Waals surface area contributed by atoms with Crippen LogP contribution in [0.2, 0.25) is 0 Å². The number of nitrogens with one attached hydrogen (secondary N) is 1. The predicted molar refractivity (Wildman–Crippen MR) is 82.0 cm³/mol. The third-order valence-electron chi connectivity index (χ3n) is 3.29. The van der Waals surface area contributed by atoms with E-state index in [1.165, 1.54) is 0 Å². The number of rotatable bonds is 7. The number of aromatic nitrogens is 2. The second-order valence-electron chi connectivity index (χ2n) is 4.99. The molecule has 116 valence electrons. The van der Waals surface area contributed by atoms with E-state index >= 15 is 0 Å². The lowest BCUT2D eigenvalue weighted by atomic mass is 10.1. The standard InChI is InChI=1S/C16H19N3O3/c1-2-3-9-14(16(21)22)17-15(20)13-10-11-19(18-13)12-7-5-4-6-8-12/h4-8,10-11,14H,2-3,9H2,1H3,(H,17,20)(H,21,22). The Morgan fingerprint density at radius 2 is 2.00 bits per heavy atom. The number of carboxylic acid groups (broad SMARTS) is 1. The summed E-state index contributed by atoms with van der Waals surface area (Å²) in [7, 11) is 0. The Hall–Kier alpha value is -2.63. The fraction of sp³-hybridized carbons (Fsp3) is 0.312. The smallest absolute Gasteiger partial charge is 0.326 e. The number of carbonyl (C=O) groups is 2. The monoisotopic (exact) mass is 301 g/mol. The lowest BCUT2D eigenvalue weighted by Crippen LogP contribution is -2.40. The average Bonchev–Trinajstić information content (AvgIpc) is 3.02. The summed E-state index contributed by atoms with van der Waals surface area (Å²) in [5.74, 6) is -1.50. The van der Waals surface area contributed by atoms with Crippen molar-refractivity contribution < 1.29 is 14.7 Å². The number of amides is 1. The zero-order valence-corrected chi connectivity index (χ0v) is 12.4. The summed E-state index contributed by atoms with van der Waals surface area (Å²) in [6.07, 6.45) is 3.71. The number of benzene rings is 1. The van der Waals surface area contributed by atoms with Gasteiger partial charge in [0, 0.05) is 6.20 Å². The molecular formula is C16H19N3O3. The first-order chi connectivity index (χ1) is 10.6. The first-order valence-electron chi connectivity index (χ1n) is 7.26. The van der Waals surface area contributed by atoms with Crippen LogP contribution >= 0.6 is 0 Å². The van der Waals surface area contributed by atoms with Crippen LogP contribution in [0.1, 0.15) is 36.7 Å². The van der Waals surface area contributed by atoms with E-state index in [0.29, 0.717) is 6.42 Å². The second-order valence-corrected chi connectivity index (χ2v) is 4.99. The third kappa shape index (κ3) is 3.94. The van der Waals surface area contributed by atoms with Crippen molar-refractivity contribution in [2.75, 3.05) is 0 Å². The van der Waals surface area contributed by atoms with Crippen molar-refractivity contribution in [2.24, 2.45) is 0 Å². The van der Waals surface area contributed by atoms with Gasteiger partial charge in [0.1, 0.15) is 6.04 Å². The molecule has 1 atom stereocenters. The molecule has 0 radical (unpaired) electrons. The molecule has 1 amide bonds. The van der Waals surface area contributed by atoms with Crippen LogP contribution in [0, 0.1) is 0 Å². The topological polar surface area (TPSA) is 84.2 Å². The van der Waals surface area contributed by atoms with Crippen LogP contribution in [0.25, 0.3) is 5.69 Å². The van der Waals surface area contributed by atoms with E-state index in [1.54, 1.807) is 16.9 Å². The first kappa shape index (κ1) is 15.8. The molecule has 1 aromatic heterocycles. The molecule has 1 aromatic carbocycles. The highest BCUT2D eigenvalue weighted by Crippen LogP contribution is 2.08. The number of aliphatic carboxylic acids is 1. The third-order valence-corrected chi connectivity index (χ3v) is 3.29. The van der Waals surface area contributed by atoms with Gasteiger partial charge in [-0.2, -0.15) is 5.10 Å². The normalized spacial score (nSPS) is 11.9. The fourth-order valence-electron chi connectivity index (χ4n) is 2.07. The van der Waals surface area contributed by atoms with Crippen molar-refractivity contribution in [1.82, 2.24) is 15.1 Å². The maximum absolute atomic E-state index is 12.1. The fourth-order valence-corrected chi connectivity index (χ4v) is 2.07. The molecule has 0 spiro atoms. The van der Waals surface area contributed by atoms with Gasteiger partial charge in [0.2, 0.25) is 0 Å². The van der Waals surface area contributed by atoms with E-state index in [1.807, 2.05) is 37.3 Å². The molecule has 0 saturated heterocycles. The predicted octanol–water partition coefficient (Wildman–Crippen LogP) is 2.25. The van der Waals surface area contributed by atoms with Crippen molar-refractivity contribution >= 4 is 11.9 Å². The van der Waals surface area contributed by atoms with Gasteiger partial charge in [0.05, 0.1) is 5.69 Å². The van der Waals surface area contributed by atoms with Gasteiger partial charge in [0.25, 0.3) is 5.91 Å². The number of nitrogens with zero attached hydrogens (tertiary/aromatic N) is 2. The van der Waals surface area contributed by atoms with Gasteiger partial charge in [0.15, 0.2) is 5.69 Å². The second kappa shape index (κ2) is 7.40. The van der Waals surface area contributed by atoms with E-state index in [4.69, 9.17) is 5.11 Å². The summed E-state index contributed by atoms with van der Waals surface area (Å²) >= 11 is 0. The lowest BCUT2D eigenvalue weighted by Gasteiger charge is -2.12. The maximum atomic E-state index is 12.1. The lowest BCUT2D eigenvalue weighted by molar-refractivity contribution is -0.139. The molecule has 1 unspecified atom stereocenters. The van der Waals surface area contributed by atoms with E-state index in [2.05, 4.69) is 10.4 Å². The van der Waals surface area contributed by atoms with Gasteiger partial charge in [-0.25, -0.2) is 9.48 Å². The molecule has 0 fully saturated rings. The number of carboxylic acids is 1. The van der Waals surface area contributed by atoms with Crippen LogP contribution in [-0.4, -0.2) is 32.8 Å². The van der Waals surface area contributed by atoms with Crippen LogP contribution in [0.15, 0.2) is 42.6 Å². The minimum absolute atomic E-state index is 0.201. The van der Waals surface area contributed by atoms with Gasteiger partial charge >= 0.3 is 5.97 Å². The van der Waals surface area contributed by atoms with E-state index in [9.17, 15) is 9.59 Å². The summed E-state index contributed by atoms with van der Waals surface area (Å²) in [5.41, 5.74) is 1.04. The molecule has 6 nitrogen and oxygen atoms in total. The number of unbranched alkanes of at least 4 members (excludes halogenated alkanes) is 1. The summed E-state index contributed by atoms with van der Waals surface area (Å²) in [4.78, 5) is 23.3. The molecule has 0 aliphatic carbocycles. The first-order valence-corrected chi connectivity index (χ1v) is 7.26. The van der Waals surface area contributed by atoms with Crippen molar-refractivity contribution in [3.05, 3.63) is 48.3 Å². The van der Waals surface area contributed by atoms with Crippen molar-refractivity contribution in [3.63, 3.8) is 0 Å². The van der Waals surface area contributed by atoms with Crippen LogP contribution in [0.4, 0.5) is 0 Å². The van der Waals surface area contributed by atoms with Crippen LogP contribution in [0.3, 0.4) is 0 Å². The Balaban J connectivity index is 2.06. The van der Waals surface area contributed by atoms with Crippen LogP contribution in [0.5, 0.6) is 0 Å². The summed E-state index contributed by atoms with van der Waals surface area (Å²) in [6.45, 7) is 1.97. The minimum atomic E-state index is -1.02. The Labute approximate surface area is 128 Å². The SMILES string of the molecule is CCCCC(NC(=O)c1ccn(-c2ccccc2)n1)C(=O)O. The van der Waals surface area contributed by atoms with Crippen LogP contribution < -0.4 is 5.32 Å². The van der Waals surface area contributed by atoms with E-state index < -0.39 is 17.9 Å². The van der Waals surface area contributed by atoms with Gasteiger partial charge in [-0.15, -0.1) is 0 Å². The molecule has 0 bridgehead atoms. The number of hydrogen-bond acceptors (Lipinski definition) is 3. The minimum Gasteiger partial charge on any atom is -0.480 e. The quantitative estimate of drug-likeness (QED) is 0.821. The molecule has 6 heteroatoms. The number of hydrogen-bond donors (Lipinski definition) is 2. The molecule has 1 heterocycles. The Kier molecular flexibility index (Phi) is 5.30. The summed E-state index contributed by atoms with van der Waals surface area (Å²) in [5, 5.41) is 15.8. The zero-order chi connectivity index (χ0) is 15.9. The Morgan fingerprint density at radius 1 is 1.27 bits per heavy atom. The largest absolute Gasteiger partial charge is 0.480 e. The molecule has 0 aliphatic rings. The van der Waals surface area contributed by atoms with Crippen molar-refractivity contribution in [1.29, 1.82) is 0 Å². The van der Waals surface area contributed by atoms with Gasteiger partial charge in [-0.1, -0.05) is 38.0 Å². The number of carbonyl (C=O) groups excluding carboxylic acids is 1. The van der Waals surface area contributed by atoms with Crippen LogP contribution in [-0.2, 0) is 4.79 Å². The maximum Gasteiger partial charge on any atom is 0.326 e. The average molecular weight is 301 g/mol. The highest BCUT2D eigenvalue weighted by atomic mass is 16.4. The molecule has 22 heavy (non-hydrogen) atoms. The summed E-state index contributed by atoms with van der Waals surface area (Å²) in [6, 6.07) is 10.1.